The largest absolute Gasteiger partial charge is 0.299 e. The molecule has 10 heavy (non-hydrogen) atoms. The van der Waals surface area contributed by atoms with Crippen LogP contribution in [0.4, 0.5) is 0 Å². The number of carbonyl (C=O) groups is 1. The monoisotopic (exact) mass is 155 g/mol. The van der Waals surface area contributed by atoms with Crippen LogP contribution in [0.25, 0.3) is 0 Å². The van der Waals surface area contributed by atoms with Gasteiger partial charge in [0.15, 0.2) is 0 Å². The third kappa shape index (κ3) is 0.896. The fraction of sp³-hybridized carbons (Fsp3) is 0.571. The molecular formula is C7H9NOS. The van der Waals surface area contributed by atoms with Crippen molar-refractivity contribution >= 4 is 17.7 Å². The molecule has 0 bridgehead atoms. The number of fused-ring (bicyclic) bond motifs is 1. The van der Waals surface area contributed by atoms with Crippen molar-refractivity contribution in [2.45, 2.75) is 12.8 Å². The van der Waals surface area contributed by atoms with Gasteiger partial charge in [-0.25, -0.2) is 0 Å². The number of carbonyl (C=O) groups excluding carboxylic acids is 1. The van der Waals surface area contributed by atoms with Gasteiger partial charge in [-0.05, 0) is 18.4 Å². The molecule has 1 atom stereocenters. The van der Waals surface area contributed by atoms with Crippen LogP contribution >= 0.6 is 11.9 Å². The van der Waals surface area contributed by atoms with E-state index in [0.29, 0.717) is 5.78 Å². The maximum Gasteiger partial charge on any atom is 0.142 e. The van der Waals surface area contributed by atoms with Crippen LogP contribution in [-0.2, 0) is 4.79 Å². The number of ketones is 1. The zero-order valence-electron chi connectivity index (χ0n) is 5.59. The molecular weight excluding hydrogens is 146 g/mol. The molecule has 0 spiro atoms. The van der Waals surface area contributed by atoms with Crippen LogP contribution in [0.3, 0.4) is 0 Å². The van der Waals surface area contributed by atoms with Gasteiger partial charge >= 0.3 is 0 Å². The maximum atomic E-state index is 11.2. The minimum Gasteiger partial charge on any atom is -0.299 e. The molecule has 0 amide bonds. The Bertz CT molecular complexity index is 200. The molecule has 0 aromatic rings. The Labute approximate surface area is 64.2 Å². The maximum absolute atomic E-state index is 11.2. The zero-order valence-corrected chi connectivity index (χ0v) is 6.41. The molecule has 0 aromatic carbocycles. The first-order chi connectivity index (χ1) is 4.88. The summed E-state index contributed by atoms with van der Waals surface area (Å²) in [6.45, 7) is 0.843. The van der Waals surface area contributed by atoms with E-state index in [2.05, 4.69) is 10.8 Å². The first-order valence-electron chi connectivity index (χ1n) is 3.50. The third-order valence-corrected chi connectivity index (χ3v) is 2.94. The number of Topliss-reactive ketones (excluding diaryl/α,β-unsaturated/α-hetero) is 1. The SMILES string of the molecule is O=C1CCC=C2SNCC12. The normalized spacial score (nSPS) is 31.8. The van der Waals surface area contributed by atoms with Crippen molar-refractivity contribution in [2.24, 2.45) is 5.92 Å². The van der Waals surface area contributed by atoms with Gasteiger partial charge in [-0.1, -0.05) is 6.08 Å². The summed E-state index contributed by atoms with van der Waals surface area (Å²) in [5.74, 6) is 0.619. The molecule has 0 aromatic heterocycles. The predicted molar refractivity (Wildman–Crippen MR) is 41.4 cm³/mol. The average molecular weight is 155 g/mol. The van der Waals surface area contributed by atoms with Gasteiger partial charge < -0.3 is 0 Å². The Balaban J connectivity index is 2.26. The van der Waals surface area contributed by atoms with E-state index in [4.69, 9.17) is 0 Å². The molecule has 54 valence electrons. The lowest BCUT2D eigenvalue weighted by atomic mass is 9.94. The third-order valence-electron chi connectivity index (χ3n) is 1.95. The zero-order chi connectivity index (χ0) is 6.97. The number of hydrogen-bond donors (Lipinski definition) is 1. The topological polar surface area (TPSA) is 29.1 Å². The number of hydrogen-bond acceptors (Lipinski definition) is 3. The number of allylic oxidation sites excluding steroid dienone is 1. The highest BCUT2D eigenvalue weighted by atomic mass is 32.2. The second-order valence-corrected chi connectivity index (χ2v) is 3.58. The van der Waals surface area contributed by atoms with Crippen molar-refractivity contribution in [3.05, 3.63) is 11.0 Å². The Kier molecular flexibility index (Phi) is 1.54. The summed E-state index contributed by atoms with van der Waals surface area (Å²) in [5.41, 5.74) is 0. The van der Waals surface area contributed by atoms with Crippen molar-refractivity contribution in [3.8, 4) is 0 Å². The second-order valence-electron chi connectivity index (χ2n) is 2.61. The Morgan fingerprint density at radius 2 is 2.60 bits per heavy atom. The summed E-state index contributed by atoms with van der Waals surface area (Å²) >= 11 is 1.62. The lowest BCUT2D eigenvalue weighted by molar-refractivity contribution is -0.121. The highest BCUT2D eigenvalue weighted by molar-refractivity contribution is 8.01. The first-order valence-corrected chi connectivity index (χ1v) is 4.32. The van der Waals surface area contributed by atoms with Crippen LogP contribution in [0.2, 0.25) is 0 Å². The molecule has 1 N–H and O–H groups in total. The van der Waals surface area contributed by atoms with E-state index in [9.17, 15) is 4.79 Å². The summed E-state index contributed by atoms with van der Waals surface area (Å²) in [5, 5.41) is 0. The van der Waals surface area contributed by atoms with Crippen LogP contribution in [0.5, 0.6) is 0 Å². The summed E-state index contributed by atoms with van der Waals surface area (Å²) in [6.07, 6.45) is 3.87. The van der Waals surface area contributed by atoms with Crippen LogP contribution in [0.1, 0.15) is 12.8 Å². The van der Waals surface area contributed by atoms with Crippen molar-refractivity contribution in [1.82, 2.24) is 4.72 Å². The summed E-state index contributed by atoms with van der Waals surface area (Å²) in [6, 6.07) is 0. The van der Waals surface area contributed by atoms with Crippen molar-refractivity contribution in [1.29, 1.82) is 0 Å². The lowest BCUT2D eigenvalue weighted by Crippen LogP contribution is -2.20. The number of nitrogens with one attached hydrogen (secondary N) is 1. The van der Waals surface area contributed by atoms with E-state index in [1.165, 1.54) is 4.91 Å². The molecule has 1 heterocycles. The van der Waals surface area contributed by atoms with Crippen molar-refractivity contribution in [2.75, 3.05) is 6.54 Å². The van der Waals surface area contributed by atoms with Gasteiger partial charge in [0, 0.05) is 17.9 Å². The van der Waals surface area contributed by atoms with E-state index >= 15 is 0 Å². The van der Waals surface area contributed by atoms with Gasteiger partial charge in [0.25, 0.3) is 0 Å². The van der Waals surface area contributed by atoms with E-state index in [-0.39, 0.29) is 5.92 Å². The van der Waals surface area contributed by atoms with Crippen molar-refractivity contribution in [3.63, 3.8) is 0 Å². The lowest BCUT2D eigenvalue weighted by Gasteiger charge is -2.12. The summed E-state index contributed by atoms with van der Waals surface area (Å²) < 4.78 is 3.12. The van der Waals surface area contributed by atoms with Gasteiger partial charge in [-0.2, -0.15) is 0 Å². The number of rotatable bonds is 0. The van der Waals surface area contributed by atoms with Gasteiger partial charge in [-0.3, -0.25) is 9.52 Å². The second kappa shape index (κ2) is 2.40. The quantitative estimate of drug-likeness (QED) is 0.531. The molecule has 0 saturated carbocycles. The summed E-state index contributed by atoms with van der Waals surface area (Å²) in [4.78, 5) is 12.4. The van der Waals surface area contributed by atoms with Crippen LogP contribution < -0.4 is 4.72 Å². The molecule has 3 heteroatoms. The Morgan fingerprint density at radius 1 is 1.70 bits per heavy atom. The van der Waals surface area contributed by atoms with E-state index in [0.717, 1.165) is 19.4 Å². The fourth-order valence-corrected chi connectivity index (χ4v) is 2.34. The molecule has 0 radical (unpaired) electrons. The predicted octanol–water partition coefficient (Wildman–Crippen LogP) is 1.10. The average Bonchev–Trinajstić information content (AvgIpc) is 2.36. The Morgan fingerprint density at radius 3 is 3.40 bits per heavy atom. The highest BCUT2D eigenvalue weighted by Gasteiger charge is 2.29. The minimum absolute atomic E-state index is 0.207. The Hall–Kier alpha value is -0.280. The van der Waals surface area contributed by atoms with Crippen LogP contribution in [0.15, 0.2) is 11.0 Å². The summed E-state index contributed by atoms with van der Waals surface area (Å²) in [7, 11) is 0. The highest BCUT2D eigenvalue weighted by Crippen LogP contribution is 2.33. The standard InChI is InChI=1S/C7H9NOS/c9-6-2-1-3-7-5(6)4-8-10-7/h3,5,8H,1-2,4H2. The smallest absolute Gasteiger partial charge is 0.142 e. The molecule has 2 aliphatic rings. The van der Waals surface area contributed by atoms with E-state index < -0.39 is 0 Å². The first kappa shape index (κ1) is 6.43. The van der Waals surface area contributed by atoms with Crippen molar-refractivity contribution < 1.29 is 4.79 Å². The van der Waals surface area contributed by atoms with Gasteiger partial charge in [0.1, 0.15) is 5.78 Å². The molecule has 1 fully saturated rings. The minimum atomic E-state index is 0.207. The van der Waals surface area contributed by atoms with E-state index in [1.807, 2.05) is 0 Å². The van der Waals surface area contributed by atoms with E-state index in [1.54, 1.807) is 11.9 Å². The van der Waals surface area contributed by atoms with Crippen LogP contribution in [0, 0.1) is 5.92 Å². The van der Waals surface area contributed by atoms with Gasteiger partial charge in [0.2, 0.25) is 0 Å². The fourth-order valence-electron chi connectivity index (χ4n) is 1.37. The van der Waals surface area contributed by atoms with Crippen LogP contribution in [-0.4, -0.2) is 12.3 Å². The molecule has 1 saturated heterocycles. The molecule has 2 nitrogen and oxygen atoms in total. The van der Waals surface area contributed by atoms with Gasteiger partial charge in [0.05, 0.1) is 5.92 Å². The molecule has 1 aliphatic heterocycles. The molecule has 1 aliphatic carbocycles. The molecule has 1 unspecified atom stereocenters. The van der Waals surface area contributed by atoms with Gasteiger partial charge in [-0.15, -0.1) is 0 Å². The molecule has 2 rings (SSSR count).